The number of aliphatic hydroxyl groups excluding tert-OH is 1. The second-order valence-corrected chi connectivity index (χ2v) is 6.35. The summed E-state index contributed by atoms with van der Waals surface area (Å²) >= 11 is 0. The van der Waals surface area contributed by atoms with Gasteiger partial charge in [-0.1, -0.05) is 18.2 Å². The van der Waals surface area contributed by atoms with Gasteiger partial charge in [-0.3, -0.25) is 9.59 Å². The van der Waals surface area contributed by atoms with Crippen molar-refractivity contribution in [3.63, 3.8) is 0 Å². The molecule has 2 N–H and O–H groups in total. The number of fused-ring (bicyclic) bond motifs is 1. The molecule has 0 radical (unpaired) electrons. The van der Waals surface area contributed by atoms with Crippen LogP contribution in [-0.2, 0) is 0 Å². The van der Waals surface area contributed by atoms with Crippen molar-refractivity contribution in [2.75, 3.05) is 13.1 Å². The molecule has 0 spiro atoms. The third kappa shape index (κ3) is 3.49. The number of piperidine rings is 1. The number of likely N-dealkylation sites (tertiary alicyclic amines) is 1. The summed E-state index contributed by atoms with van der Waals surface area (Å²) in [4.78, 5) is 34.6. The number of hydrogen-bond acceptors (Lipinski definition) is 6. The predicted octanol–water partition coefficient (Wildman–Crippen LogP) is 0.130. The van der Waals surface area contributed by atoms with Crippen molar-refractivity contribution in [3.8, 4) is 0 Å². The van der Waals surface area contributed by atoms with Crippen molar-refractivity contribution in [1.29, 1.82) is 0 Å². The molecule has 0 unspecified atom stereocenters. The van der Waals surface area contributed by atoms with Gasteiger partial charge in [-0.05, 0) is 24.6 Å². The smallest absolute Gasteiger partial charge is 0.291 e. The number of aliphatic hydroxyl groups is 1. The van der Waals surface area contributed by atoms with E-state index in [9.17, 15) is 14.7 Å². The molecule has 0 bridgehead atoms. The van der Waals surface area contributed by atoms with Gasteiger partial charge in [0.2, 0.25) is 5.82 Å². The highest BCUT2D eigenvalue weighted by Gasteiger charge is 2.32. The second kappa shape index (κ2) is 7.12. The van der Waals surface area contributed by atoms with Gasteiger partial charge in [-0.25, -0.2) is 9.50 Å². The molecule has 2 aromatic heterocycles. The lowest BCUT2D eigenvalue weighted by atomic mass is 10.0. The van der Waals surface area contributed by atoms with Gasteiger partial charge in [0.15, 0.2) is 0 Å². The molecule has 138 valence electrons. The van der Waals surface area contributed by atoms with Gasteiger partial charge in [-0.2, -0.15) is 4.98 Å². The van der Waals surface area contributed by atoms with Crippen molar-refractivity contribution < 1.29 is 14.7 Å². The van der Waals surface area contributed by atoms with Crippen LogP contribution in [0.3, 0.4) is 0 Å². The largest absolute Gasteiger partial charge is 0.389 e. The summed E-state index contributed by atoms with van der Waals surface area (Å²) in [7, 11) is 0. The first-order valence-corrected chi connectivity index (χ1v) is 8.62. The van der Waals surface area contributed by atoms with E-state index in [2.05, 4.69) is 20.4 Å². The number of carbonyl (C=O) groups is 2. The van der Waals surface area contributed by atoms with Gasteiger partial charge in [0.1, 0.15) is 0 Å². The number of benzene rings is 1. The second-order valence-electron chi connectivity index (χ2n) is 6.35. The highest BCUT2D eigenvalue weighted by Crippen LogP contribution is 2.15. The minimum Gasteiger partial charge on any atom is -0.389 e. The Morgan fingerprint density at radius 1 is 1.19 bits per heavy atom. The van der Waals surface area contributed by atoms with E-state index >= 15 is 0 Å². The lowest BCUT2D eigenvalue weighted by Crippen LogP contribution is -2.55. The molecule has 3 heterocycles. The Morgan fingerprint density at radius 2 is 2.00 bits per heavy atom. The summed E-state index contributed by atoms with van der Waals surface area (Å²) in [5.41, 5.74) is 0.577. The fourth-order valence-corrected chi connectivity index (χ4v) is 3.11. The molecular formula is C18H18N6O3. The zero-order valence-corrected chi connectivity index (χ0v) is 14.4. The van der Waals surface area contributed by atoms with E-state index in [0.717, 1.165) is 0 Å². The minimum absolute atomic E-state index is 0.0105. The van der Waals surface area contributed by atoms with Crippen molar-refractivity contribution in [2.24, 2.45) is 0 Å². The van der Waals surface area contributed by atoms with Crippen LogP contribution >= 0.6 is 0 Å². The molecule has 9 heteroatoms. The molecule has 1 aliphatic rings. The maximum absolute atomic E-state index is 12.5. The molecule has 2 amide bonds. The zero-order valence-electron chi connectivity index (χ0n) is 14.4. The van der Waals surface area contributed by atoms with Crippen molar-refractivity contribution >= 4 is 17.6 Å². The zero-order chi connectivity index (χ0) is 18.8. The first-order chi connectivity index (χ1) is 13.1. The number of rotatable bonds is 3. The van der Waals surface area contributed by atoms with Gasteiger partial charge in [0.05, 0.1) is 12.1 Å². The molecular weight excluding hydrogens is 348 g/mol. The normalized spacial score (nSPS) is 19.8. The summed E-state index contributed by atoms with van der Waals surface area (Å²) < 4.78 is 1.41. The number of hydrogen-bond donors (Lipinski definition) is 2. The average molecular weight is 366 g/mol. The van der Waals surface area contributed by atoms with E-state index in [1.165, 1.54) is 4.52 Å². The molecule has 3 aromatic rings. The molecule has 0 aliphatic carbocycles. The van der Waals surface area contributed by atoms with Gasteiger partial charge in [0.25, 0.3) is 17.6 Å². The van der Waals surface area contributed by atoms with Crippen LogP contribution in [0, 0.1) is 0 Å². The van der Waals surface area contributed by atoms with E-state index in [0.29, 0.717) is 24.3 Å². The van der Waals surface area contributed by atoms with Gasteiger partial charge >= 0.3 is 0 Å². The number of nitrogens with zero attached hydrogens (tertiary/aromatic N) is 5. The number of carbonyl (C=O) groups excluding carboxylic acids is 2. The van der Waals surface area contributed by atoms with E-state index in [4.69, 9.17) is 0 Å². The van der Waals surface area contributed by atoms with Gasteiger partial charge < -0.3 is 15.3 Å². The number of amides is 2. The van der Waals surface area contributed by atoms with Crippen LogP contribution in [0.4, 0.5) is 0 Å². The Kier molecular flexibility index (Phi) is 4.51. The molecule has 1 aromatic carbocycles. The number of nitrogens with one attached hydrogen (secondary N) is 1. The molecule has 0 saturated carbocycles. The molecule has 2 atom stereocenters. The van der Waals surface area contributed by atoms with Crippen LogP contribution in [0.1, 0.15) is 27.4 Å². The summed E-state index contributed by atoms with van der Waals surface area (Å²) in [5, 5.41) is 17.2. The first kappa shape index (κ1) is 17.1. The SMILES string of the molecule is O=C(N[C@@H]1CCN(C(=O)c2ccccc2)C[C@H]1O)c1nc2ncccn2n1. The molecule has 1 aliphatic heterocycles. The van der Waals surface area contributed by atoms with Crippen molar-refractivity contribution in [3.05, 3.63) is 60.2 Å². The summed E-state index contributed by atoms with van der Waals surface area (Å²) in [5.74, 6) is -0.296. The first-order valence-electron chi connectivity index (χ1n) is 8.62. The molecule has 27 heavy (non-hydrogen) atoms. The lowest BCUT2D eigenvalue weighted by Gasteiger charge is -2.36. The van der Waals surface area contributed by atoms with Crippen molar-refractivity contribution in [2.45, 2.75) is 18.6 Å². The van der Waals surface area contributed by atoms with E-state index in [-0.39, 0.29) is 18.3 Å². The molecule has 4 rings (SSSR count). The maximum atomic E-state index is 12.5. The highest BCUT2D eigenvalue weighted by atomic mass is 16.3. The molecule has 9 nitrogen and oxygen atoms in total. The van der Waals surface area contributed by atoms with Gasteiger partial charge in [-0.15, -0.1) is 5.10 Å². The van der Waals surface area contributed by atoms with Crippen molar-refractivity contribution in [1.82, 2.24) is 29.8 Å². The maximum Gasteiger partial charge on any atom is 0.291 e. The lowest BCUT2D eigenvalue weighted by molar-refractivity contribution is 0.0313. The van der Waals surface area contributed by atoms with E-state index < -0.39 is 18.1 Å². The van der Waals surface area contributed by atoms with Crippen LogP contribution in [0.15, 0.2) is 48.8 Å². The van der Waals surface area contributed by atoms with Crippen LogP contribution in [0.25, 0.3) is 5.78 Å². The highest BCUT2D eigenvalue weighted by molar-refractivity contribution is 5.94. The third-order valence-electron chi connectivity index (χ3n) is 4.53. The average Bonchev–Trinajstić information content (AvgIpc) is 3.14. The molecule has 1 saturated heterocycles. The van der Waals surface area contributed by atoms with E-state index in [1.54, 1.807) is 47.6 Å². The Bertz CT molecular complexity index is 940. The monoisotopic (exact) mass is 366 g/mol. The number of β-amino-alcohol motifs (C(OH)–C–C–N with tert-alkyl or cyclic N) is 1. The van der Waals surface area contributed by atoms with Crippen LogP contribution in [0.2, 0.25) is 0 Å². The Labute approximate surface area is 154 Å². The Hall–Kier alpha value is -3.33. The summed E-state index contributed by atoms with van der Waals surface area (Å²) in [6.07, 6.45) is 2.78. The Morgan fingerprint density at radius 3 is 2.74 bits per heavy atom. The van der Waals surface area contributed by atoms with Gasteiger partial charge in [0, 0.05) is 31.0 Å². The number of aromatic nitrogens is 4. The van der Waals surface area contributed by atoms with Crippen LogP contribution in [0.5, 0.6) is 0 Å². The standard InChI is InChI=1S/C18H18N6O3/c25-14-11-23(17(27)12-5-2-1-3-6-12)10-7-13(14)20-16(26)15-21-18-19-8-4-9-24(18)22-15/h1-6,8-9,13-14,25H,7,10-11H2,(H,20,26)/t13-,14-/m1/s1. The minimum atomic E-state index is -0.870. The fourth-order valence-electron chi connectivity index (χ4n) is 3.11. The van der Waals surface area contributed by atoms with Crippen LogP contribution in [-0.4, -0.2) is 66.6 Å². The quantitative estimate of drug-likeness (QED) is 0.681. The third-order valence-corrected chi connectivity index (χ3v) is 4.53. The van der Waals surface area contributed by atoms with E-state index in [1.807, 2.05) is 6.07 Å². The fraction of sp³-hybridized carbons (Fsp3) is 0.278. The van der Waals surface area contributed by atoms with Crippen LogP contribution < -0.4 is 5.32 Å². The predicted molar refractivity (Wildman–Crippen MR) is 95.0 cm³/mol. The summed E-state index contributed by atoms with van der Waals surface area (Å²) in [6, 6.07) is 10.1. The topological polar surface area (TPSA) is 113 Å². The summed E-state index contributed by atoms with van der Waals surface area (Å²) in [6.45, 7) is 0.592. The Balaban J connectivity index is 1.40. The molecule has 1 fully saturated rings.